The number of nitrogens with zero attached hydrogens (tertiary/aromatic N) is 1. The van der Waals surface area contributed by atoms with E-state index in [9.17, 15) is 0 Å². The second kappa shape index (κ2) is 5.06. The average molecular weight is 266 g/mol. The van der Waals surface area contributed by atoms with Crippen molar-refractivity contribution in [2.24, 2.45) is 16.6 Å². The molecule has 0 aliphatic carbocycles. The minimum atomic E-state index is 0.146. The molecular formula is C10H11Cl3N2. The van der Waals surface area contributed by atoms with Crippen molar-refractivity contribution in [1.82, 2.24) is 0 Å². The van der Waals surface area contributed by atoms with E-state index in [4.69, 9.17) is 40.5 Å². The average Bonchev–Trinajstić information content (AvgIpc) is 2.10. The van der Waals surface area contributed by atoms with E-state index in [0.29, 0.717) is 26.6 Å². The highest BCUT2D eigenvalue weighted by atomic mass is 35.5. The Kier molecular flexibility index (Phi) is 4.26. The van der Waals surface area contributed by atoms with Crippen LogP contribution in [-0.2, 0) is 0 Å². The smallest absolute Gasteiger partial charge is 0.102 e. The molecule has 0 bridgehead atoms. The van der Waals surface area contributed by atoms with Gasteiger partial charge in [0, 0.05) is 10.9 Å². The van der Waals surface area contributed by atoms with Gasteiger partial charge in [-0.1, -0.05) is 48.7 Å². The summed E-state index contributed by atoms with van der Waals surface area (Å²) in [6.45, 7) is 3.88. The van der Waals surface area contributed by atoms with Gasteiger partial charge in [-0.05, 0) is 12.1 Å². The van der Waals surface area contributed by atoms with Crippen LogP contribution in [0.1, 0.15) is 13.8 Å². The van der Waals surface area contributed by atoms with Gasteiger partial charge in [0.05, 0.1) is 10.0 Å². The van der Waals surface area contributed by atoms with Gasteiger partial charge in [0.25, 0.3) is 0 Å². The Hall–Kier alpha value is -0.440. The minimum absolute atomic E-state index is 0.146. The van der Waals surface area contributed by atoms with Crippen LogP contribution in [0.2, 0.25) is 15.1 Å². The first-order valence-electron chi connectivity index (χ1n) is 4.40. The first-order valence-corrected chi connectivity index (χ1v) is 5.53. The van der Waals surface area contributed by atoms with Crippen LogP contribution in [0.3, 0.4) is 0 Å². The van der Waals surface area contributed by atoms with Gasteiger partial charge in [-0.15, -0.1) is 0 Å². The lowest BCUT2D eigenvalue weighted by atomic mass is 10.2. The first kappa shape index (κ1) is 12.6. The SMILES string of the molecule is CC(C)C(N)=Nc1c(Cl)cc(Cl)cc1Cl. The van der Waals surface area contributed by atoms with Gasteiger partial charge in [-0.2, -0.15) is 0 Å². The third-order valence-corrected chi connectivity index (χ3v) is 2.61. The van der Waals surface area contributed by atoms with E-state index in [-0.39, 0.29) is 5.92 Å². The maximum atomic E-state index is 5.95. The van der Waals surface area contributed by atoms with Crippen molar-refractivity contribution < 1.29 is 0 Å². The Balaban J connectivity index is 3.21. The fourth-order valence-electron chi connectivity index (χ4n) is 0.900. The quantitative estimate of drug-likeness (QED) is 0.628. The molecule has 0 amide bonds. The second-order valence-corrected chi connectivity index (χ2v) is 4.66. The summed E-state index contributed by atoms with van der Waals surface area (Å²) in [6, 6.07) is 3.17. The van der Waals surface area contributed by atoms with E-state index in [1.165, 1.54) is 0 Å². The van der Waals surface area contributed by atoms with Crippen molar-refractivity contribution in [3.63, 3.8) is 0 Å². The Labute approximate surface area is 104 Å². The first-order chi connectivity index (χ1) is 6.91. The van der Waals surface area contributed by atoms with Crippen molar-refractivity contribution in [3.8, 4) is 0 Å². The van der Waals surface area contributed by atoms with Gasteiger partial charge in [-0.3, -0.25) is 0 Å². The largest absolute Gasteiger partial charge is 0.387 e. The highest BCUT2D eigenvalue weighted by molar-refractivity contribution is 6.41. The molecule has 1 aromatic rings. The predicted molar refractivity (Wildman–Crippen MR) is 67.6 cm³/mol. The van der Waals surface area contributed by atoms with Gasteiger partial charge >= 0.3 is 0 Å². The molecule has 0 radical (unpaired) electrons. The van der Waals surface area contributed by atoms with Gasteiger partial charge in [0.1, 0.15) is 11.5 Å². The topological polar surface area (TPSA) is 38.4 Å². The fraction of sp³-hybridized carbons (Fsp3) is 0.300. The third-order valence-electron chi connectivity index (χ3n) is 1.81. The summed E-state index contributed by atoms with van der Waals surface area (Å²) in [6.07, 6.45) is 0. The number of nitrogens with two attached hydrogens (primary N) is 1. The van der Waals surface area contributed by atoms with Crippen molar-refractivity contribution in [3.05, 3.63) is 27.2 Å². The lowest BCUT2D eigenvalue weighted by Crippen LogP contribution is -2.18. The molecule has 5 heteroatoms. The van der Waals surface area contributed by atoms with E-state index in [1.54, 1.807) is 12.1 Å². The predicted octanol–water partition coefficient (Wildman–Crippen LogP) is 4.29. The fourth-order valence-corrected chi connectivity index (χ4v) is 1.80. The zero-order valence-electron chi connectivity index (χ0n) is 8.39. The highest BCUT2D eigenvalue weighted by Crippen LogP contribution is 2.36. The van der Waals surface area contributed by atoms with E-state index in [0.717, 1.165) is 0 Å². The molecule has 1 rings (SSSR count). The Morgan fingerprint density at radius 2 is 1.67 bits per heavy atom. The summed E-state index contributed by atoms with van der Waals surface area (Å²) in [7, 11) is 0. The molecule has 2 N–H and O–H groups in total. The normalized spacial score (nSPS) is 12.3. The summed E-state index contributed by atoms with van der Waals surface area (Å²) >= 11 is 17.7. The third kappa shape index (κ3) is 3.26. The van der Waals surface area contributed by atoms with Gasteiger partial charge in [-0.25, -0.2) is 4.99 Å². The highest BCUT2D eigenvalue weighted by Gasteiger charge is 2.08. The maximum Gasteiger partial charge on any atom is 0.102 e. The Morgan fingerprint density at radius 1 is 1.20 bits per heavy atom. The van der Waals surface area contributed by atoms with Crippen LogP contribution in [0.5, 0.6) is 0 Å². The molecule has 0 spiro atoms. The van der Waals surface area contributed by atoms with E-state index in [1.807, 2.05) is 13.8 Å². The molecule has 2 nitrogen and oxygen atoms in total. The summed E-state index contributed by atoms with van der Waals surface area (Å²) in [5.41, 5.74) is 6.19. The number of rotatable bonds is 2. The zero-order valence-corrected chi connectivity index (χ0v) is 10.7. The van der Waals surface area contributed by atoms with Crippen LogP contribution in [0.15, 0.2) is 17.1 Å². The maximum absolute atomic E-state index is 5.95. The molecular weight excluding hydrogens is 254 g/mol. The van der Waals surface area contributed by atoms with Gasteiger partial charge in [0.15, 0.2) is 0 Å². The lowest BCUT2D eigenvalue weighted by Gasteiger charge is -2.07. The number of hydrogen-bond donors (Lipinski definition) is 1. The van der Waals surface area contributed by atoms with Crippen molar-refractivity contribution in [1.29, 1.82) is 0 Å². The van der Waals surface area contributed by atoms with Crippen LogP contribution in [0.25, 0.3) is 0 Å². The monoisotopic (exact) mass is 264 g/mol. The Bertz CT molecular complexity index is 377. The molecule has 0 saturated carbocycles. The molecule has 0 atom stereocenters. The molecule has 0 aliphatic rings. The van der Waals surface area contributed by atoms with Crippen molar-refractivity contribution in [2.75, 3.05) is 0 Å². The van der Waals surface area contributed by atoms with Gasteiger partial charge in [0.2, 0.25) is 0 Å². The van der Waals surface area contributed by atoms with Crippen molar-refractivity contribution >= 4 is 46.3 Å². The van der Waals surface area contributed by atoms with Crippen LogP contribution < -0.4 is 5.73 Å². The molecule has 0 aromatic heterocycles. The summed E-state index contributed by atoms with van der Waals surface area (Å²) < 4.78 is 0. The Morgan fingerprint density at radius 3 is 2.07 bits per heavy atom. The van der Waals surface area contributed by atoms with Crippen LogP contribution in [0, 0.1) is 5.92 Å². The minimum Gasteiger partial charge on any atom is -0.387 e. The van der Waals surface area contributed by atoms with Crippen LogP contribution in [-0.4, -0.2) is 5.84 Å². The molecule has 1 aromatic carbocycles. The molecule has 15 heavy (non-hydrogen) atoms. The number of hydrogen-bond acceptors (Lipinski definition) is 1. The van der Waals surface area contributed by atoms with Crippen molar-refractivity contribution in [2.45, 2.75) is 13.8 Å². The summed E-state index contributed by atoms with van der Waals surface area (Å²) in [4.78, 5) is 4.17. The molecule has 82 valence electrons. The van der Waals surface area contributed by atoms with E-state index in [2.05, 4.69) is 4.99 Å². The number of aliphatic imine (C=N–C) groups is 1. The second-order valence-electron chi connectivity index (χ2n) is 3.41. The summed E-state index contributed by atoms with van der Waals surface area (Å²) in [5, 5.41) is 1.28. The number of benzene rings is 1. The molecule has 0 aliphatic heterocycles. The number of amidine groups is 1. The molecule has 0 heterocycles. The zero-order chi connectivity index (χ0) is 11.6. The molecule has 0 fully saturated rings. The standard InChI is InChI=1S/C10H11Cl3N2/c1-5(2)10(14)15-9-7(12)3-6(11)4-8(9)13/h3-5H,1-2H3,(H2,14,15). The van der Waals surface area contributed by atoms with Gasteiger partial charge < -0.3 is 5.73 Å². The van der Waals surface area contributed by atoms with Crippen LogP contribution >= 0.6 is 34.8 Å². The summed E-state index contributed by atoms with van der Waals surface area (Å²) in [5.74, 6) is 0.633. The number of halogens is 3. The molecule has 0 unspecified atom stereocenters. The van der Waals surface area contributed by atoms with Crippen LogP contribution in [0.4, 0.5) is 5.69 Å². The van der Waals surface area contributed by atoms with E-state index >= 15 is 0 Å². The van der Waals surface area contributed by atoms with E-state index < -0.39 is 0 Å². The lowest BCUT2D eigenvalue weighted by molar-refractivity contribution is 0.873. The molecule has 0 saturated heterocycles.